The first-order valence-electron chi connectivity index (χ1n) is 10.2. The van der Waals surface area contributed by atoms with Crippen LogP contribution < -0.4 is 15.4 Å². The van der Waals surface area contributed by atoms with E-state index in [0.29, 0.717) is 43.9 Å². The zero-order chi connectivity index (χ0) is 20.9. The number of nitrogens with one attached hydrogen (secondary N) is 3. The fraction of sp³-hybridized carbons (Fsp3) is 0.304. The van der Waals surface area contributed by atoms with Gasteiger partial charge in [-0.15, -0.1) is 0 Å². The van der Waals surface area contributed by atoms with E-state index in [-0.39, 0.29) is 11.9 Å². The highest BCUT2D eigenvalue weighted by Crippen LogP contribution is 2.27. The Labute approximate surface area is 175 Å². The van der Waals surface area contributed by atoms with Crippen molar-refractivity contribution in [1.82, 2.24) is 15.2 Å². The zero-order valence-electron chi connectivity index (χ0n) is 17.0. The summed E-state index contributed by atoms with van der Waals surface area (Å²) in [5, 5.41) is 7.02. The van der Waals surface area contributed by atoms with Crippen LogP contribution in [0.15, 0.2) is 48.5 Å². The fourth-order valence-corrected chi connectivity index (χ4v) is 3.88. The van der Waals surface area contributed by atoms with E-state index in [1.54, 1.807) is 19.2 Å². The average Bonchev–Trinajstić information content (AvgIpc) is 3.14. The van der Waals surface area contributed by atoms with Gasteiger partial charge in [0, 0.05) is 36.1 Å². The minimum atomic E-state index is -0.102. The van der Waals surface area contributed by atoms with E-state index < -0.39 is 0 Å². The number of ether oxygens (including phenoxy) is 1. The van der Waals surface area contributed by atoms with Gasteiger partial charge >= 0.3 is 6.03 Å². The van der Waals surface area contributed by atoms with Crippen LogP contribution in [0.2, 0.25) is 0 Å². The van der Waals surface area contributed by atoms with E-state index >= 15 is 0 Å². The van der Waals surface area contributed by atoms with Crippen molar-refractivity contribution in [1.29, 1.82) is 0 Å². The van der Waals surface area contributed by atoms with Crippen molar-refractivity contribution >= 4 is 28.5 Å². The van der Waals surface area contributed by atoms with Crippen LogP contribution in [0.3, 0.4) is 0 Å². The van der Waals surface area contributed by atoms with E-state index in [2.05, 4.69) is 27.8 Å². The number of aromatic amines is 1. The number of anilines is 1. The van der Waals surface area contributed by atoms with Gasteiger partial charge in [0.15, 0.2) is 0 Å². The molecule has 1 aromatic heterocycles. The minimum Gasteiger partial charge on any atom is -0.495 e. The molecular formula is C23H26N4O3. The number of fused-ring (bicyclic) bond motifs is 3. The van der Waals surface area contributed by atoms with Gasteiger partial charge in [0.05, 0.1) is 19.3 Å². The van der Waals surface area contributed by atoms with Gasteiger partial charge < -0.3 is 25.3 Å². The predicted molar refractivity (Wildman–Crippen MR) is 117 cm³/mol. The maximum Gasteiger partial charge on any atom is 0.317 e. The average molecular weight is 406 g/mol. The minimum absolute atomic E-state index is 0.0931. The van der Waals surface area contributed by atoms with Crippen molar-refractivity contribution in [2.45, 2.75) is 25.8 Å². The van der Waals surface area contributed by atoms with Crippen molar-refractivity contribution in [3.63, 3.8) is 0 Å². The summed E-state index contributed by atoms with van der Waals surface area (Å²) < 4.78 is 5.23. The molecule has 0 atom stereocenters. The molecule has 30 heavy (non-hydrogen) atoms. The highest BCUT2D eigenvalue weighted by atomic mass is 16.5. The van der Waals surface area contributed by atoms with E-state index in [1.807, 2.05) is 29.2 Å². The van der Waals surface area contributed by atoms with Crippen molar-refractivity contribution in [2.24, 2.45) is 0 Å². The molecule has 0 unspecified atom stereocenters. The number of rotatable bonds is 6. The molecule has 1 aliphatic rings. The number of hydrogen-bond donors (Lipinski definition) is 3. The quantitative estimate of drug-likeness (QED) is 0.546. The number of urea groups is 1. The van der Waals surface area contributed by atoms with Gasteiger partial charge in [0.1, 0.15) is 5.75 Å². The first-order chi connectivity index (χ1) is 14.7. The molecule has 0 radical (unpaired) electrons. The lowest BCUT2D eigenvalue weighted by molar-refractivity contribution is -0.116. The molecule has 3 aromatic rings. The van der Waals surface area contributed by atoms with E-state index in [9.17, 15) is 9.59 Å². The SMILES string of the molecule is COc1ccccc1NC(=O)CCCNC(=O)N1CCc2c([nH]c3ccccc23)C1. The third kappa shape index (κ3) is 4.25. The molecule has 0 spiro atoms. The third-order valence-electron chi connectivity index (χ3n) is 5.41. The van der Waals surface area contributed by atoms with Gasteiger partial charge in [-0.2, -0.15) is 0 Å². The maximum atomic E-state index is 12.5. The number of methoxy groups -OCH3 is 1. The van der Waals surface area contributed by atoms with Crippen LogP contribution >= 0.6 is 0 Å². The molecule has 2 heterocycles. The largest absolute Gasteiger partial charge is 0.495 e. The molecule has 4 rings (SSSR count). The molecule has 156 valence electrons. The van der Waals surface area contributed by atoms with Crippen LogP contribution in [0.25, 0.3) is 10.9 Å². The summed E-state index contributed by atoms with van der Waals surface area (Å²) in [6.45, 7) is 1.72. The summed E-state index contributed by atoms with van der Waals surface area (Å²) in [5.74, 6) is 0.523. The summed E-state index contributed by atoms with van der Waals surface area (Å²) in [6, 6.07) is 15.4. The topological polar surface area (TPSA) is 86.5 Å². The number of H-pyrrole nitrogens is 1. The summed E-state index contributed by atoms with van der Waals surface area (Å²) in [7, 11) is 1.57. The van der Waals surface area contributed by atoms with Gasteiger partial charge in [0.2, 0.25) is 5.91 Å². The van der Waals surface area contributed by atoms with E-state index in [1.165, 1.54) is 10.9 Å². The highest BCUT2D eigenvalue weighted by molar-refractivity contribution is 5.92. The van der Waals surface area contributed by atoms with Crippen LogP contribution in [-0.2, 0) is 17.8 Å². The number of nitrogens with zero attached hydrogens (tertiary/aromatic N) is 1. The maximum absolute atomic E-state index is 12.5. The number of hydrogen-bond acceptors (Lipinski definition) is 3. The standard InChI is InChI=1S/C23H26N4O3/c1-30-21-10-5-4-9-19(21)26-22(28)11-6-13-24-23(29)27-14-12-17-16-7-2-3-8-18(16)25-20(17)15-27/h2-5,7-10,25H,6,11-15H2,1H3,(H,24,29)(H,26,28). The van der Waals surface area contributed by atoms with E-state index in [0.717, 1.165) is 17.6 Å². The van der Waals surface area contributed by atoms with Crippen LogP contribution in [0.1, 0.15) is 24.1 Å². The summed E-state index contributed by atoms with van der Waals surface area (Å²) >= 11 is 0. The van der Waals surface area contributed by atoms with Crippen molar-refractivity contribution in [2.75, 3.05) is 25.5 Å². The van der Waals surface area contributed by atoms with E-state index in [4.69, 9.17) is 4.74 Å². The Morgan fingerprint density at radius 2 is 1.93 bits per heavy atom. The van der Waals surface area contributed by atoms with Crippen molar-refractivity contribution in [3.8, 4) is 5.75 Å². The fourth-order valence-electron chi connectivity index (χ4n) is 3.88. The molecule has 0 aliphatic carbocycles. The summed E-state index contributed by atoms with van der Waals surface area (Å²) in [5.41, 5.74) is 4.18. The molecule has 0 saturated carbocycles. The second kappa shape index (κ2) is 8.90. The number of carbonyl (C=O) groups excluding carboxylic acids is 2. The van der Waals surface area contributed by atoms with Gasteiger partial charge in [-0.1, -0.05) is 30.3 Å². The molecular weight excluding hydrogens is 380 g/mol. The lowest BCUT2D eigenvalue weighted by Crippen LogP contribution is -2.43. The van der Waals surface area contributed by atoms with Crippen LogP contribution in [0, 0.1) is 0 Å². The summed E-state index contributed by atoms with van der Waals surface area (Å²) in [4.78, 5) is 29.9. The number of aromatic nitrogens is 1. The second-order valence-corrected chi connectivity index (χ2v) is 7.38. The Morgan fingerprint density at radius 3 is 2.80 bits per heavy atom. The number of benzene rings is 2. The zero-order valence-corrected chi connectivity index (χ0v) is 17.0. The molecule has 7 heteroatoms. The Hall–Kier alpha value is -3.48. The lowest BCUT2D eigenvalue weighted by atomic mass is 10.0. The highest BCUT2D eigenvalue weighted by Gasteiger charge is 2.23. The first kappa shape index (κ1) is 19.8. The predicted octanol–water partition coefficient (Wildman–Crippen LogP) is 3.66. The van der Waals surface area contributed by atoms with Gasteiger partial charge in [-0.25, -0.2) is 4.79 Å². The first-order valence-corrected chi connectivity index (χ1v) is 10.2. The number of carbonyl (C=O) groups is 2. The molecule has 3 amide bonds. The summed E-state index contributed by atoms with van der Waals surface area (Å²) in [6.07, 6.45) is 1.73. The monoisotopic (exact) mass is 406 g/mol. The van der Waals surface area contributed by atoms with Crippen molar-refractivity contribution < 1.29 is 14.3 Å². The molecule has 3 N–H and O–H groups in total. The molecule has 0 saturated heterocycles. The normalized spacial score (nSPS) is 13.0. The number of para-hydroxylation sites is 3. The molecule has 0 bridgehead atoms. The van der Waals surface area contributed by atoms with Crippen molar-refractivity contribution in [3.05, 3.63) is 59.8 Å². The molecule has 2 aromatic carbocycles. The number of amides is 3. The van der Waals surface area contributed by atoms with Crippen LogP contribution in [-0.4, -0.2) is 42.0 Å². The Balaban J connectivity index is 1.23. The van der Waals surface area contributed by atoms with Gasteiger partial charge in [0.25, 0.3) is 0 Å². The van der Waals surface area contributed by atoms with Crippen LogP contribution in [0.4, 0.5) is 10.5 Å². The Bertz CT molecular complexity index is 1060. The lowest BCUT2D eigenvalue weighted by Gasteiger charge is -2.27. The Morgan fingerprint density at radius 1 is 1.13 bits per heavy atom. The smallest absolute Gasteiger partial charge is 0.317 e. The Kier molecular flexibility index (Phi) is 5.88. The van der Waals surface area contributed by atoms with Gasteiger partial charge in [-0.05, 0) is 36.6 Å². The second-order valence-electron chi connectivity index (χ2n) is 7.38. The molecule has 0 fully saturated rings. The molecule has 1 aliphatic heterocycles. The third-order valence-corrected chi connectivity index (χ3v) is 5.41. The van der Waals surface area contributed by atoms with Crippen LogP contribution in [0.5, 0.6) is 5.75 Å². The van der Waals surface area contributed by atoms with Gasteiger partial charge in [-0.3, -0.25) is 4.79 Å². The molecule has 7 nitrogen and oxygen atoms in total.